The van der Waals surface area contributed by atoms with Gasteiger partial charge in [-0.3, -0.25) is 0 Å². The second-order valence-corrected chi connectivity index (χ2v) is 4.57. The van der Waals surface area contributed by atoms with E-state index in [9.17, 15) is 8.78 Å². The van der Waals surface area contributed by atoms with Crippen molar-refractivity contribution >= 4 is 15.9 Å². The SMILES string of the molecule is CCCNC1COc2c(F)c(F)cc(Br)c21. The summed E-state index contributed by atoms with van der Waals surface area (Å²) in [6.07, 6.45) is 0.979. The van der Waals surface area contributed by atoms with Crippen LogP contribution in [-0.4, -0.2) is 13.2 Å². The van der Waals surface area contributed by atoms with E-state index in [0.29, 0.717) is 16.6 Å². The smallest absolute Gasteiger partial charge is 0.201 e. The monoisotopic (exact) mass is 291 g/mol. The van der Waals surface area contributed by atoms with Crippen molar-refractivity contribution in [3.63, 3.8) is 0 Å². The molecule has 0 fully saturated rings. The largest absolute Gasteiger partial charge is 0.488 e. The minimum Gasteiger partial charge on any atom is -0.488 e. The molecule has 0 saturated heterocycles. The Balaban J connectivity index is 2.35. The van der Waals surface area contributed by atoms with Crippen LogP contribution in [0.3, 0.4) is 0 Å². The van der Waals surface area contributed by atoms with Crippen LogP contribution in [0.2, 0.25) is 0 Å². The highest BCUT2D eigenvalue weighted by Gasteiger charge is 2.30. The predicted octanol–water partition coefficient (Wildman–Crippen LogP) is 3.16. The van der Waals surface area contributed by atoms with Crippen LogP contribution in [0.5, 0.6) is 5.75 Å². The second kappa shape index (κ2) is 4.67. The zero-order valence-corrected chi connectivity index (χ0v) is 10.4. The number of benzene rings is 1. The summed E-state index contributed by atoms with van der Waals surface area (Å²) < 4.78 is 32.3. The number of rotatable bonds is 3. The van der Waals surface area contributed by atoms with Gasteiger partial charge in [0, 0.05) is 10.0 Å². The van der Waals surface area contributed by atoms with E-state index in [1.165, 1.54) is 0 Å². The Morgan fingerprint density at radius 3 is 3.00 bits per heavy atom. The van der Waals surface area contributed by atoms with Crippen LogP contribution in [0, 0.1) is 11.6 Å². The van der Waals surface area contributed by atoms with Crippen molar-refractivity contribution in [2.75, 3.05) is 13.2 Å². The van der Waals surface area contributed by atoms with Crippen molar-refractivity contribution in [3.05, 3.63) is 27.7 Å². The molecule has 2 nitrogen and oxygen atoms in total. The Kier molecular flexibility index (Phi) is 3.44. The van der Waals surface area contributed by atoms with Gasteiger partial charge in [0.05, 0.1) is 6.04 Å². The summed E-state index contributed by atoms with van der Waals surface area (Å²) in [5.74, 6) is -1.76. The standard InChI is InChI=1S/C11H12BrF2NO/c1-2-3-15-8-5-16-11-9(8)6(12)4-7(13)10(11)14/h4,8,15H,2-3,5H2,1H3. The van der Waals surface area contributed by atoms with Gasteiger partial charge in [0.1, 0.15) is 6.61 Å². The Morgan fingerprint density at radius 2 is 2.31 bits per heavy atom. The van der Waals surface area contributed by atoms with Crippen LogP contribution in [0.25, 0.3) is 0 Å². The molecule has 1 heterocycles. The summed E-state index contributed by atoms with van der Waals surface area (Å²) in [4.78, 5) is 0. The first-order chi connectivity index (χ1) is 7.65. The lowest BCUT2D eigenvalue weighted by Gasteiger charge is -2.11. The van der Waals surface area contributed by atoms with Crippen molar-refractivity contribution < 1.29 is 13.5 Å². The molecule has 1 N–H and O–H groups in total. The summed E-state index contributed by atoms with van der Waals surface area (Å²) in [6, 6.07) is 1.07. The molecule has 1 aliphatic heterocycles. The summed E-state index contributed by atoms with van der Waals surface area (Å²) in [7, 11) is 0. The van der Waals surface area contributed by atoms with Crippen molar-refractivity contribution in [1.29, 1.82) is 0 Å². The number of hydrogen-bond acceptors (Lipinski definition) is 2. The van der Waals surface area contributed by atoms with Gasteiger partial charge in [-0.2, -0.15) is 4.39 Å². The van der Waals surface area contributed by atoms with Crippen LogP contribution < -0.4 is 10.1 Å². The molecule has 0 bridgehead atoms. The van der Waals surface area contributed by atoms with E-state index >= 15 is 0 Å². The fraction of sp³-hybridized carbons (Fsp3) is 0.455. The fourth-order valence-corrected chi connectivity index (χ4v) is 2.44. The number of fused-ring (bicyclic) bond motifs is 1. The quantitative estimate of drug-likeness (QED) is 0.864. The van der Waals surface area contributed by atoms with Crippen molar-refractivity contribution in [2.45, 2.75) is 19.4 Å². The van der Waals surface area contributed by atoms with E-state index in [1.54, 1.807) is 0 Å². The maximum atomic E-state index is 13.4. The molecule has 1 aliphatic rings. The Morgan fingerprint density at radius 1 is 1.56 bits per heavy atom. The summed E-state index contributed by atoms with van der Waals surface area (Å²) in [5.41, 5.74) is 0.673. The Bertz CT molecular complexity index is 411. The van der Waals surface area contributed by atoms with E-state index in [2.05, 4.69) is 21.2 Å². The lowest BCUT2D eigenvalue weighted by Crippen LogP contribution is -2.23. The van der Waals surface area contributed by atoms with Gasteiger partial charge in [0.25, 0.3) is 0 Å². The van der Waals surface area contributed by atoms with Crippen LogP contribution in [0.15, 0.2) is 10.5 Å². The number of ether oxygens (including phenoxy) is 1. The molecular formula is C11H12BrF2NO. The lowest BCUT2D eigenvalue weighted by atomic mass is 10.1. The van der Waals surface area contributed by atoms with E-state index in [4.69, 9.17) is 4.74 Å². The molecule has 88 valence electrons. The molecule has 5 heteroatoms. The average Bonchev–Trinajstić information content (AvgIpc) is 2.67. The Labute approximate surface area is 101 Å². The topological polar surface area (TPSA) is 21.3 Å². The fourth-order valence-electron chi connectivity index (χ4n) is 1.78. The molecular weight excluding hydrogens is 280 g/mol. The van der Waals surface area contributed by atoms with E-state index in [-0.39, 0.29) is 11.8 Å². The molecule has 0 amide bonds. The minimum absolute atomic E-state index is 0.0282. The van der Waals surface area contributed by atoms with Crippen molar-refractivity contribution in [2.24, 2.45) is 0 Å². The first kappa shape index (κ1) is 11.8. The van der Waals surface area contributed by atoms with E-state index in [0.717, 1.165) is 19.0 Å². The van der Waals surface area contributed by atoms with Gasteiger partial charge in [0.15, 0.2) is 11.6 Å². The molecule has 1 unspecified atom stereocenters. The number of nitrogens with one attached hydrogen (secondary N) is 1. The van der Waals surface area contributed by atoms with Gasteiger partial charge in [-0.1, -0.05) is 22.9 Å². The highest BCUT2D eigenvalue weighted by Crippen LogP contribution is 2.40. The lowest BCUT2D eigenvalue weighted by molar-refractivity contribution is 0.297. The molecule has 0 saturated carbocycles. The van der Waals surface area contributed by atoms with Gasteiger partial charge >= 0.3 is 0 Å². The van der Waals surface area contributed by atoms with Gasteiger partial charge in [0.2, 0.25) is 5.82 Å². The molecule has 16 heavy (non-hydrogen) atoms. The normalized spacial score (nSPS) is 18.4. The van der Waals surface area contributed by atoms with Gasteiger partial charge in [-0.05, 0) is 19.0 Å². The van der Waals surface area contributed by atoms with Crippen molar-refractivity contribution in [3.8, 4) is 5.75 Å². The van der Waals surface area contributed by atoms with Crippen molar-refractivity contribution in [1.82, 2.24) is 5.32 Å². The maximum Gasteiger partial charge on any atom is 0.201 e. The van der Waals surface area contributed by atoms with E-state index < -0.39 is 11.6 Å². The molecule has 1 atom stereocenters. The number of halogens is 3. The summed E-state index contributed by atoms with van der Waals surface area (Å²) in [5, 5.41) is 3.23. The first-order valence-corrected chi connectivity index (χ1v) is 5.98. The van der Waals surface area contributed by atoms with Crippen LogP contribution in [0.4, 0.5) is 8.78 Å². The molecule has 0 radical (unpaired) electrons. The summed E-state index contributed by atoms with van der Waals surface area (Å²) in [6.45, 7) is 3.21. The maximum absolute atomic E-state index is 13.4. The van der Waals surface area contributed by atoms with Crippen LogP contribution >= 0.6 is 15.9 Å². The minimum atomic E-state index is -0.904. The van der Waals surface area contributed by atoms with Gasteiger partial charge in [-0.15, -0.1) is 0 Å². The highest BCUT2D eigenvalue weighted by molar-refractivity contribution is 9.10. The zero-order valence-electron chi connectivity index (χ0n) is 8.82. The molecule has 1 aromatic rings. The third-order valence-electron chi connectivity index (χ3n) is 2.55. The molecule has 0 spiro atoms. The molecule has 1 aromatic carbocycles. The van der Waals surface area contributed by atoms with Gasteiger partial charge in [-0.25, -0.2) is 4.39 Å². The molecule has 0 aromatic heterocycles. The number of hydrogen-bond donors (Lipinski definition) is 1. The highest BCUT2D eigenvalue weighted by atomic mass is 79.9. The summed E-state index contributed by atoms with van der Waals surface area (Å²) >= 11 is 3.24. The molecule has 0 aliphatic carbocycles. The second-order valence-electron chi connectivity index (χ2n) is 3.71. The predicted molar refractivity (Wildman–Crippen MR) is 60.6 cm³/mol. The third kappa shape index (κ3) is 1.94. The Hall–Kier alpha value is -0.680. The average molecular weight is 292 g/mol. The van der Waals surface area contributed by atoms with Crippen LogP contribution in [-0.2, 0) is 0 Å². The molecule has 2 rings (SSSR count). The van der Waals surface area contributed by atoms with Crippen LogP contribution in [0.1, 0.15) is 24.9 Å². The first-order valence-electron chi connectivity index (χ1n) is 5.18. The van der Waals surface area contributed by atoms with Gasteiger partial charge < -0.3 is 10.1 Å². The zero-order chi connectivity index (χ0) is 11.7. The van der Waals surface area contributed by atoms with E-state index in [1.807, 2.05) is 6.92 Å². The third-order valence-corrected chi connectivity index (χ3v) is 3.20.